The Morgan fingerprint density at radius 2 is 2.17 bits per heavy atom. The maximum absolute atomic E-state index is 11.3. The molecule has 1 amide bonds. The van der Waals surface area contributed by atoms with Crippen molar-refractivity contribution >= 4 is 17.5 Å². The number of benzene rings is 1. The standard InChI is InChI=1S/C10H11ClN2O5/c11-8-3-1-2-4-9(8)17-7-10(14)12-5-6-18-13(15)16/h1-4H,5-7H2,(H,12,14). The molecule has 0 spiro atoms. The van der Waals surface area contributed by atoms with Crippen molar-refractivity contribution in [3.63, 3.8) is 0 Å². The van der Waals surface area contributed by atoms with Crippen LogP contribution in [0.3, 0.4) is 0 Å². The smallest absolute Gasteiger partial charge is 0.294 e. The van der Waals surface area contributed by atoms with E-state index in [2.05, 4.69) is 10.2 Å². The fraction of sp³-hybridized carbons (Fsp3) is 0.300. The van der Waals surface area contributed by atoms with Gasteiger partial charge in [-0.15, -0.1) is 10.1 Å². The van der Waals surface area contributed by atoms with Gasteiger partial charge in [-0.25, -0.2) is 0 Å². The van der Waals surface area contributed by atoms with Crippen molar-refractivity contribution in [1.82, 2.24) is 5.32 Å². The topological polar surface area (TPSA) is 90.7 Å². The minimum Gasteiger partial charge on any atom is -0.482 e. The summed E-state index contributed by atoms with van der Waals surface area (Å²) in [7, 11) is 0. The average molecular weight is 275 g/mol. The predicted octanol–water partition coefficient (Wildman–Crippen LogP) is 1.04. The van der Waals surface area contributed by atoms with Crippen LogP contribution in [-0.2, 0) is 9.63 Å². The second kappa shape index (κ2) is 7.33. The first-order valence-electron chi connectivity index (χ1n) is 5.01. The maximum atomic E-state index is 11.3. The van der Waals surface area contributed by atoms with Crippen LogP contribution in [0.5, 0.6) is 5.75 Å². The molecule has 0 aliphatic rings. The number of rotatable bonds is 7. The second-order valence-electron chi connectivity index (χ2n) is 3.13. The number of hydrogen-bond donors (Lipinski definition) is 1. The molecule has 7 nitrogen and oxygen atoms in total. The highest BCUT2D eigenvalue weighted by molar-refractivity contribution is 6.32. The molecule has 1 N–H and O–H groups in total. The molecular formula is C10H11ClN2O5. The van der Waals surface area contributed by atoms with Crippen molar-refractivity contribution in [3.8, 4) is 5.75 Å². The van der Waals surface area contributed by atoms with Crippen molar-refractivity contribution < 1.29 is 19.5 Å². The third kappa shape index (κ3) is 5.35. The van der Waals surface area contributed by atoms with Crippen molar-refractivity contribution in [2.75, 3.05) is 19.8 Å². The number of para-hydroxylation sites is 1. The Morgan fingerprint density at radius 1 is 1.44 bits per heavy atom. The first-order valence-corrected chi connectivity index (χ1v) is 5.38. The van der Waals surface area contributed by atoms with E-state index in [0.717, 1.165) is 0 Å². The number of halogens is 1. The SMILES string of the molecule is O=C(COc1ccccc1Cl)NCCO[N+](=O)[O-]. The van der Waals surface area contributed by atoms with Crippen LogP contribution in [0.1, 0.15) is 0 Å². The molecule has 0 saturated heterocycles. The molecule has 1 aromatic carbocycles. The highest BCUT2D eigenvalue weighted by Gasteiger charge is 2.05. The zero-order valence-corrected chi connectivity index (χ0v) is 10.1. The first-order chi connectivity index (χ1) is 8.59. The van der Waals surface area contributed by atoms with E-state index in [1.54, 1.807) is 24.3 Å². The molecule has 0 aliphatic carbocycles. The van der Waals surface area contributed by atoms with Crippen LogP contribution in [0.4, 0.5) is 0 Å². The van der Waals surface area contributed by atoms with E-state index in [4.69, 9.17) is 16.3 Å². The van der Waals surface area contributed by atoms with Gasteiger partial charge >= 0.3 is 0 Å². The van der Waals surface area contributed by atoms with Crippen LogP contribution >= 0.6 is 11.6 Å². The molecular weight excluding hydrogens is 264 g/mol. The maximum Gasteiger partial charge on any atom is 0.294 e. The van der Waals surface area contributed by atoms with Crippen LogP contribution in [0.15, 0.2) is 24.3 Å². The van der Waals surface area contributed by atoms with Crippen LogP contribution in [-0.4, -0.2) is 30.8 Å². The summed E-state index contributed by atoms with van der Waals surface area (Å²) in [5.74, 6) is -0.0160. The Hall–Kier alpha value is -2.02. The van der Waals surface area contributed by atoms with E-state index < -0.39 is 11.0 Å². The van der Waals surface area contributed by atoms with Crippen molar-refractivity contribution in [1.29, 1.82) is 0 Å². The van der Waals surface area contributed by atoms with Gasteiger partial charge < -0.3 is 14.9 Å². The van der Waals surface area contributed by atoms with E-state index in [9.17, 15) is 14.9 Å². The number of nitrogens with zero attached hydrogens (tertiary/aromatic N) is 1. The molecule has 0 saturated carbocycles. The highest BCUT2D eigenvalue weighted by Crippen LogP contribution is 2.22. The van der Waals surface area contributed by atoms with Gasteiger partial charge in [-0.05, 0) is 12.1 Å². The zero-order valence-electron chi connectivity index (χ0n) is 9.30. The van der Waals surface area contributed by atoms with Gasteiger partial charge in [-0.3, -0.25) is 4.79 Å². The Labute approximate surface area is 108 Å². The average Bonchev–Trinajstić information content (AvgIpc) is 2.33. The first kappa shape index (κ1) is 14.0. The second-order valence-corrected chi connectivity index (χ2v) is 3.53. The number of carbonyl (C=O) groups is 1. The molecule has 0 atom stereocenters. The van der Waals surface area contributed by atoms with Gasteiger partial charge in [0.2, 0.25) is 0 Å². The van der Waals surface area contributed by atoms with Gasteiger partial charge in [0.15, 0.2) is 6.61 Å². The van der Waals surface area contributed by atoms with Crippen molar-refractivity contribution in [3.05, 3.63) is 39.4 Å². The lowest BCUT2D eigenvalue weighted by atomic mass is 10.3. The van der Waals surface area contributed by atoms with Crippen LogP contribution in [0.2, 0.25) is 5.02 Å². The van der Waals surface area contributed by atoms with Crippen LogP contribution in [0, 0.1) is 10.1 Å². The number of amides is 1. The highest BCUT2D eigenvalue weighted by atomic mass is 35.5. The quantitative estimate of drug-likeness (QED) is 0.456. The summed E-state index contributed by atoms with van der Waals surface area (Å²) in [4.78, 5) is 25.1. The minimum absolute atomic E-state index is 0.0334. The predicted molar refractivity (Wildman–Crippen MR) is 62.9 cm³/mol. The number of hydrogen-bond acceptors (Lipinski definition) is 5. The summed E-state index contributed by atoms with van der Waals surface area (Å²) in [5, 5.41) is 11.7. The molecule has 0 aromatic heterocycles. The minimum atomic E-state index is -0.924. The van der Waals surface area contributed by atoms with E-state index in [0.29, 0.717) is 10.8 Å². The van der Waals surface area contributed by atoms with E-state index in [-0.39, 0.29) is 19.8 Å². The Bertz CT molecular complexity index is 426. The van der Waals surface area contributed by atoms with Crippen molar-refractivity contribution in [2.24, 2.45) is 0 Å². The largest absolute Gasteiger partial charge is 0.482 e. The molecule has 1 aromatic rings. The zero-order chi connectivity index (χ0) is 13.4. The molecule has 18 heavy (non-hydrogen) atoms. The Morgan fingerprint density at radius 3 is 2.83 bits per heavy atom. The monoisotopic (exact) mass is 274 g/mol. The van der Waals surface area contributed by atoms with Gasteiger partial charge in [0.25, 0.3) is 11.0 Å². The van der Waals surface area contributed by atoms with E-state index in [1.165, 1.54) is 0 Å². The molecule has 0 unspecified atom stereocenters. The Kier molecular flexibility index (Phi) is 5.72. The van der Waals surface area contributed by atoms with E-state index in [1.807, 2.05) is 0 Å². The van der Waals surface area contributed by atoms with Crippen molar-refractivity contribution in [2.45, 2.75) is 0 Å². The van der Waals surface area contributed by atoms with Gasteiger partial charge in [0.1, 0.15) is 12.4 Å². The summed E-state index contributed by atoms with van der Waals surface area (Å²) in [6.07, 6.45) is 0. The number of nitrogens with one attached hydrogen (secondary N) is 1. The summed E-state index contributed by atoms with van der Waals surface area (Å²) < 4.78 is 5.16. The Balaban J connectivity index is 2.21. The van der Waals surface area contributed by atoms with Crippen LogP contribution in [0.25, 0.3) is 0 Å². The lowest BCUT2D eigenvalue weighted by Gasteiger charge is -2.08. The molecule has 8 heteroatoms. The third-order valence-electron chi connectivity index (χ3n) is 1.82. The molecule has 98 valence electrons. The summed E-state index contributed by atoms with van der Waals surface area (Å²) in [6.45, 7) is -0.390. The van der Waals surface area contributed by atoms with Gasteiger partial charge in [-0.1, -0.05) is 23.7 Å². The fourth-order valence-corrected chi connectivity index (χ4v) is 1.26. The third-order valence-corrected chi connectivity index (χ3v) is 2.13. The number of ether oxygens (including phenoxy) is 1. The normalized spacial score (nSPS) is 9.61. The van der Waals surface area contributed by atoms with Gasteiger partial charge in [0, 0.05) is 6.54 Å². The fourth-order valence-electron chi connectivity index (χ4n) is 1.07. The molecule has 0 fully saturated rings. The molecule has 1 rings (SSSR count). The van der Waals surface area contributed by atoms with Crippen LogP contribution < -0.4 is 10.1 Å². The molecule has 0 radical (unpaired) electrons. The summed E-state index contributed by atoms with van der Waals surface area (Å²) >= 11 is 5.82. The lowest BCUT2D eigenvalue weighted by Crippen LogP contribution is -2.32. The summed E-state index contributed by atoms with van der Waals surface area (Å²) in [5.41, 5.74) is 0. The summed E-state index contributed by atoms with van der Waals surface area (Å²) in [6, 6.07) is 6.74. The molecule has 0 bridgehead atoms. The van der Waals surface area contributed by atoms with E-state index >= 15 is 0 Å². The lowest BCUT2D eigenvalue weighted by molar-refractivity contribution is -0.757. The molecule has 0 heterocycles. The van der Waals surface area contributed by atoms with Gasteiger partial charge in [-0.2, -0.15) is 0 Å². The van der Waals surface area contributed by atoms with Gasteiger partial charge in [0.05, 0.1) is 5.02 Å². The molecule has 0 aliphatic heterocycles. The number of carbonyl (C=O) groups excluding carboxylic acids is 1.